The second-order valence-electron chi connectivity index (χ2n) is 3.94. The molecule has 0 aliphatic rings. The molecule has 0 atom stereocenters. The van der Waals surface area contributed by atoms with Gasteiger partial charge in [0, 0.05) is 5.56 Å². The van der Waals surface area contributed by atoms with Gasteiger partial charge in [-0.2, -0.15) is 0 Å². The first kappa shape index (κ1) is 13.1. The SMILES string of the molecule is NC(=O)c1cccc(-c2ccc(C(=O)O)c(Cl)c2)c1. The maximum absolute atomic E-state index is 11.1. The van der Waals surface area contributed by atoms with Gasteiger partial charge in [-0.1, -0.05) is 29.8 Å². The number of carboxylic acid groups (broad SMARTS) is 1. The Labute approximate surface area is 114 Å². The number of amides is 1. The van der Waals surface area contributed by atoms with Gasteiger partial charge in [0.2, 0.25) is 5.91 Å². The lowest BCUT2D eigenvalue weighted by molar-refractivity contribution is 0.0697. The molecule has 0 aromatic heterocycles. The zero-order chi connectivity index (χ0) is 14.0. The van der Waals surface area contributed by atoms with Gasteiger partial charge in [0.05, 0.1) is 10.6 Å². The number of carboxylic acids is 1. The quantitative estimate of drug-likeness (QED) is 0.904. The minimum Gasteiger partial charge on any atom is -0.478 e. The van der Waals surface area contributed by atoms with Crippen molar-refractivity contribution in [1.29, 1.82) is 0 Å². The molecule has 0 bridgehead atoms. The molecule has 5 heteroatoms. The van der Waals surface area contributed by atoms with E-state index in [1.165, 1.54) is 6.07 Å². The highest BCUT2D eigenvalue weighted by Crippen LogP contribution is 2.26. The Morgan fingerprint density at radius 1 is 1.05 bits per heavy atom. The van der Waals surface area contributed by atoms with Crippen molar-refractivity contribution in [1.82, 2.24) is 0 Å². The van der Waals surface area contributed by atoms with Crippen molar-refractivity contribution in [2.75, 3.05) is 0 Å². The second-order valence-corrected chi connectivity index (χ2v) is 4.35. The largest absolute Gasteiger partial charge is 0.478 e. The first-order chi connectivity index (χ1) is 8.99. The summed E-state index contributed by atoms with van der Waals surface area (Å²) in [6, 6.07) is 11.3. The Hall–Kier alpha value is -2.33. The number of carbonyl (C=O) groups excluding carboxylic acids is 1. The van der Waals surface area contributed by atoms with E-state index >= 15 is 0 Å². The molecular weight excluding hydrogens is 266 g/mol. The monoisotopic (exact) mass is 275 g/mol. The van der Waals surface area contributed by atoms with E-state index in [1.54, 1.807) is 36.4 Å². The van der Waals surface area contributed by atoms with Crippen molar-refractivity contribution in [3.8, 4) is 11.1 Å². The third kappa shape index (κ3) is 2.74. The lowest BCUT2D eigenvalue weighted by Gasteiger charge is -2.06. The van der Waals surface area contributed by atoms with E-state index in [0.29, 0.717) is 5.56 Å². The van der Waals surface area contributed by atoms with Crippen LogP contribution in [0.15, 0.2) is 42.5 Å². The van der Waals surface area contributed by atoms with Gasteiger partial charge >= 0.3 is 5.97 Å². The number of nitrogens with two attached hydrogens (primary N) is 1. The molecule has 2 aromatic carbocycles. The molecule has 0 radical (unpaired) electrons. The number of benzene rings is 2. The van der Waals surface area contributed by atoms with E-state index in [1.807, 2.05) is 0 Å². The number of carbonyl (C=O) groups is 2. The normalized spacial score (nSPS) is 10.2. The van der Waals surface area contributed by atoms with Crippen LogP contribution in [0, 0.1) is 0 Å². The fourth-order valence-electron chi connectivity index (χ4n) is 1.72. The van der Waals surface area contributed by atoms with Gasteiger partial charge in [-0.15, -0.1) is 0 Å². The first-order valence-electron chi connectivity index (χ1n) is 5.42. The van der Waals surface area contributed by atoms with Crippen LogP contribution in [-0.4, -0.2) is 17.0 Å². The van der Waals surface area contributed by atoms with Gasteiger partial charge < -0.3 is 10.8 Å². The molecule has 96 valence electrons. The van der Waals surface area contributed by atoms with Gasteiger partial charge in [-0.3, -0.25) is 4.79 Å². The summed E-state index contributed by atoms with van der Waals surface area (Å²) in [5.74, 6) is -1.60. The Kier molecular flexibility index (Phi) is 3.53. The minimum atomic E-state index is -1.08. The molecule has 4 nitrogen and oxygen atoms in total. The maximum atomic E-state index is 11.1. The van der Waals surface area contributed by atoms with E-state index in [2.05, 4.69) is 0 Å². The van der Waals surface area contributed by atoms with Crippen LogP contribution in [0.3, 0.4) is 0 Å². The molecule has 2 aromatic rings. The fourth-order valence-corrected chi connectivity index (χ4v) is 1.98. The van der Waals surface area contributed by atoms with E-state index < -0.39 is 11.9 Å². The lowest BCUT2D eigenvalue weighted by atomic mass is 10.0. The van der Waals surface area contributed by atoms with Gasteiger partial charge in [0.15, 0.2) is 0 Å². The van der Waals surface area contributed by atoms with Crippen LogP contribution in [0.1, 0.15) is 20.7 Å². The molecule has 19 heavy (non-hydrogen) atoms. The number of hydrogen-bond donors (Lipinski definition) is 2. The molecule has 0 saturated heterocycles. The summed E-state index contributed by atoms with van der Waals surface area (Å²) in [7, 11) is 0. The Bertz CT molecular complexity index is 667. The maximum Gasteiger partial charge on any atom is 0.337 e. The molecular formula is C14H10ClNO3. The first-order valence-corrected chi connectivity index (χ1v) is 5.80. The number of aromatic carboxylic acids is 1. The zero-order valence-corrected chi connectivity index (χ0v) is 10.5. The van der Waals surface area contributed by atoms with E-state index in [0.717, 1.165) is 11.1 Å². The molecule has 0 fully saturated rings. The minimum absolute atomic E-state index is 0.0384. The summed E-state index contributed by atoms with van der Waals surface area (Å²) in [6.07, 6.45) is 0. The van der Waals surface area contributed by atoms with Crippen molar-refractivity contribution in [3.05, 3.63) is 58.6 Å². The summed E-state index contributed by atoms with van der Waals surface area (Å²) in [4.78, 5) is 22.0. The van der Waals surface area contributed by atoms with Crippen LogP contribution in [-0.2, 0) is 0 Å². The third-order valence-corrected chi connectivity index (χ3v) is 2.99. The van der Waals surface area contributed by atoms with Gasteiger partial charge in [-0.25, -0.2) is 4.79 Å². The number of primary amides is 1. The predicted molar refractivity (Wildman–Crippen MR) is 72.4 cm³/mol. The van der Waals surface area contributed by atoms with Crippen LogP contribution in [0.5, 0.6) is 0 Å². The van der Waals surface area contributed by atoms with Crippen molar-refractivity contribution in [2.45, 2.75) is 0 Å². The molecule has 0 saturated carbocycles. The molecule has 0 aliphatic carbocycles. The van der Waals surface area contributed by atoms with Crippen LogP contribution in [0.2, 0.25) is 5.02 Å². The van der Waals surface area contributed by atoms with E-state index in [-0.39, 0.29) is 10.6 Å². The third-order valence-electron chi connectivity index (χ3n) is 2.68. The van der Waals surface area contributed by atoms with Crippen molar-refractivity contribution in [3.63, 3.8) is 0 Å². The Morgan fingerprint density at radius 3 is 2.32 bits per heavy atom. The van der Waals surface area contributed by atoms with Crippen molar-refractivity contribution in [2.24, 2.45) is 5.73 Å². The highest BCUT2D eigenvalue weighted by atomic mass is 35.5. The molecule has 3 N–H and O–H groups in total. The second kappa shape index (κ2) is 5.12. The van der Waals surface area contributed by atoms with Crippen LogP contribution in [0.25, 0.3) is 11.1 Å². The number of halogens is 1. The summed E-state index contributed by atoms with van der Waals surface area (Å²) >= 11 is 5.90. The fraction of sp³-hybridized carbons (Fsp3) is 0. The number of hydrogen-bond acceptors (Lipinski definition) is 2. The molecule has 0 aliphatic heterocycles. The molecule has 1 amide bonds. The van der Waals surface area contributed by atoms with E-state index in [9.17, 15) is 9.59 Å². The standard InChI is InChI=1S/C14H10ClNO3/c15-12-7-9(4-5-11(12)14(18)19)8-2-1-3-10(6-8)13(16)17/h1-7H,(H2,16,17)(H,18,19). The van der Waals surface area contributed by atoms with Crippen molar-refractivity contribution < 1.29 is 14.7 Å². The van der Waals surface area contributed by atoms with E-state index in [4.69, 9.17) is 22.4 Å². The van der Waals surface area contributed by atoms with Gasteiger partial charge in [-0.05, 0) is 35.4 Å². The average molecular weight is 276 g/mol. The Morgan fingerprint density at radius 2 is 1.74 bits per heavy atom. The molecule has 2 rings (SSSR count). The zero-order valence-electron chi connectivity index (χ0n) is 9.76. The summed E-state index contributed by atoms with van der Waals surface area (Å²) in [6.45, 7) is 0. The smallest absolute Gasteiger partial charge is 0.337 e. The van der Waals surface area contributed by atoms with Crippen LogP contribution in [0.4, 0.5) is 0 Å². The van der Waals surface area contributed by atoms with Crippen LogP contribution < -0.4 is 5.73 Å². The lowest BCUT2D eigenvalue weighted by Crippen LogP contribution is -2.10. The summed E-state index contributed by atoms with van der Waals surface area (Å²) < 4.78 is 0. The van der Waals surface area contributed by atoms with Gasteiger partial charge in [0.1, 0.15) is 0 Å². The summed E-state index contributed by atoms with van der Waals surface area (Å²) in [5.41, 5.74) is 7.10. The molecule has 0 unspecified atom stereocenters. The highest BCUT2D eigenvalue weighted by Gasteiger charge is 2.10. The van der Waals surface area contributed by atoms with Gasteiger partial charge in [0.25, 0.3) is 0 Å². The highest BCUT2D eigenvalue weighted by molar-refractivity contribution is 6.33. The summed E-state index contributed by atoms with van der Waals surface area (Å²) in [5, 5.41) is 9.05. The predicted octanol–water partition coefficient (Wildman–Crippen LogP) is 2.80. The average Bonchev–Trinajstić information content (AvgIpc) is 2.38. The van der Waals surface area contributed by atoms with Crippen molar-refractivity contribution >= 4 is 23.5 Å². The Balaban J connectivity index is 2.48. The number of rotatable bonds is 3. The molecule has 0 heterocycles. The van der Waals surface area contributed by atoms with Crippen LogP contribution >= 0.6 is 11.6 Å². The topological polar surface area (TPSA) is 80.4 Å². The molecule has 0 spiro atoms.